The van der Waals surface area contributed by atoms with E-state index in [0.29, 0.717) is 12.8 Å². The van der Waals surface area contributed by atoms with Gasteiger partial charge in [0.25, 0.3) is 0 Å². The van der Waals surface area contributed by atoms with Crippen molar-refractivity contribution in [2.75, 3.05) is 7.11 Å². The smallest absolute Gasteiger partial charge is 0.315 e. The SMILES string of the molecule is CO[C@@H]1CCC[C@H]1NC(=O)NC1CCC(C(=O)O)CC1. The van der Waals surface area contributed by atoms with E-state index < -0.39 is 5.97 Å². The van der Waals surface area contributed by atoms with E-state index in [0.717, 1.165) is 32.1 Å². The summed E-state index contributed by atoms with van der Waals surface area (Å²) in [6.45, 7) is 0. The van der Waals surface area contributed by atoms with Crippen LogP contribution in [0.15, 0.2) is 0 Å². The van der Waals surface area contributed by atoms with Crippen LogP contribution in [0.4, 0.5) is 4.79 Å². The number of hydrogen-bond acceptors (Lipinski definition) is 3. The summed E-state index contributed by atoms with van der Waals surface area (Å²) in [6, 6.07) is 0.0288. The number of hydrogen-bond donors (Lipinski definition) is 3. The fourth-order valence-electron chi connectivity index (χ4n) is 3.25. The Bertz CT molecular complexity index is 353. The molecule has 0 aromatic heterocycles. The average molecular weight is 284 g/mol. The van der Waals surface area contributed by atoms with Gasteiger partial charge in [0.1, 0.15) is 0 Å². The summed E-state index contributed by atoms with van der Waals surface area (Å²) in [5.74, 6) is -0.967. The summed E-state index contributed by atoms with van der Waals surface area (Å²) >= 11 is 0. The van der Waals surface area contributed by atoms with Crippen LogP contribution in [-0.2, 0) is 9.53 Å². The fraction of sp³-hybridized carbons (Fsp3) is 0.857. The molecule has 2 aliphatic rings. The molecule has 2 rings (SSSR count). The lowest BCUT2D eigenvalue weighted by Gasteiger charge is -2.28. The second kappa shape index (κ2) is 6.92. The normalized spacial score (nSPS) is 33.6. The standard InChI is InChI=1S/C14H24N2O4/c1-20-12-4-2-3-11(12)16-14(19)15-10-7-5-9(6-8-10)13(17)18/h9-12H,2-8H2,1H3,(H,17,18)(H2,15,16,19)/t9?,10?,11-,12-/m1/s1. The van der Waals surface area contributed by atoms with Crippen LogP contribution in [0.2, 0.25) is 0 Å². The molecule has 0 unspecified atom stereocenters. The van der Waals surface area contributed by atoms with Crippen LogP contribution in [0.5, 0.6) is 0 Å². The Kier molecular flexibility index (Phi) is 5.23. The van der Waals surface area contributed by atoms with Crippen LogP contribution in [0, 0.1) is 5.92 Å². The molecule has 0 aliphatic heterocycles. The van der Waals surface area contributed by atoms with E-state index in [-0.39, 0.29) is 30.1 Å². The minimum atomic E-state index is -0.721. The number of aliphatic carboxylic acids is 1. The molecular formula is C14H24N2O4. The van der Waals surface area contributed by atoms with Crippen LogP contribution >= 0.6 is 0 Å². The molecule has 2 amide bonds. The summed E-state index contributed by atoms with van der Waals surface area (Å²) in [5, 5.41) is 14.9. The molecule has 3 N–H and O–H groups in total. The zero-order valence-corrected chi connectivity index (χ0v) is 11.9. The number of urea groups is 1. The number of carbonyl (C=O) groups excluding carboxylic acids is 1. The van der Waals surface area contributed by atoms with Crippen molar-refractivity contribution in [3.63, 3.8) is 0 Å². The zero-order chi connectivity index (χ0) is 14.5. The summed E-state index contributed by atoms with van der Waals surface area (Å²) in [4.78, 5) is 22.8. The average Bonchev–Trinajstić information content (AvgIpc) is 2.86. The van der Waals surface area contributed by atoms with E-state index in [1.54, 1.807) is 7.11 Å². The summed E-state index contributed by atoms with van der Waals surface area (Å²) < 4.78 is 5.35. The first-order valence-electron chi connectivity index (χ1n) is 7.42. The first-order chi connectivity index (χ1) is 9.60. The molecule has 6 heteroatoms. The van der Waals surface area contributed by atoms with Crippen molar-refractivity contribution in [1.29, 1.82) is 0 Å². The highest BCUT2D eigenvalue weighted by Crippen LogP contribution is 2.25. The van der Waals surface area contributed by atoms with Crippen LogP contribution in [0.1, 0.15) is 44.9 Å². The van der Waals surface area contributed by atoms with Crippen molar-refractivity contribution >= 4 is 12.0 Å². The lowest BCUT2D eigenvalue weighted by molar-refractivity contribution is -0.142. The molecule has 2 saturated carbocycles. The van der Waals surface area contributed by atoms with Gasteiger partial charge in [-0.05, 0) is 44.9 Å². The highest BCUT2D eigenvalue weighted by atomic mass is 16.5. The van der Waals surface area contributed by atoms with Crippen molar-refractivity contribution in [3.8, 4) is 0 Å². The number of nitrogens with one attached hydrogen (secondary N) is 2. The van der Waals surface area contributed by atoms with E-state index in [4.69, 9.17) is 9.84 Å². The van der Waals surface area contributed by atoms with Gasteiger partial charge in [-0.1, -0.05) is 0 Å². The van der Waals surface area contributed by atoms with Crippen LogP contribution in [-0.4, -0.2) is 42.4 Å². The van der Waals surface area contributed by atoms with Gasteiger partial charge < -0.3 is 20.5 Å². The van der Waals surface area contributed by atoms with Gasteiger partial charge in [-0.25, -0.2) is 4.79 Å². The Morgan fingerprint density at radius 3 is 2.35 bits per heavy atom. The maximum Gasteiger partial charge on any atom is 0.315 e. The molecule has 0 heterocycles. The van der Waals surface area contributed by atoms with Crippen molar-refractivity contribution < 1.29 is 19.4 Å². The number of carboxylic acids is 1. The van der Waals surface area contributed by atoms with Gasteiger partial charge in [0, 0.05) is 13.2 Å². The van der Waals surface area contributed by atoms with Crippen molar-refractivity contribution in [2.45, 2.75) is 63.1 Å². The van der Waals surface area contributed by atoms with Gasteiger partial charge >= 0.3 is 12.0 Å². The third-order valence-electron chi connectivity index (χ3n) is 4.48. The third kappa shape index (κ3) is 3.85. The summed E-state index contributed by atoms with van der Waals surface area (Å²) in [7, 11) is 1.68. The van der Waals surface area contributed by atoms with Crippen LogP contribution in [0.25, 0.3) is 0 Å². The van der Waals surface area contributed by atoms with Crippen molar-refractivity contribution in [1.82, 2.24) is 10.6 Å². The first-order valence-corrected chi connectivity index (χ1v) is 7.42. The quantitative estimate of drug-likeness (QED) is 0.730. The first kappa shape index (κ1) is 15.1. The van der Waals surface area contributed by atoms with Crippen LogP contribution < -0.4 is 10.6 Å². The van der Waals surface area contributed by atoms with Gasteiger partial charge in [0.05, 0.1) is 18.1 Å². The zero-order valence-electron chi connectivity index (χ0n) is 11.9. The van der Waals surface area contributed by atoms with Gasteiger partial charge in [-0.15, -0.1) is 0 Å². The topological polar surface area (TPSA) is 87.7 Å². The highest BCUT2D eigenvalue weighted by molar-refractivity contribution is 5.75. The molecule has 2 aliphatic carbocycles. The molecule has 2 fully saturated rings. The predicted octanol–water partition coefficient (Wildman–Crippen LogP) is 1.50. The van der Waals surface area contributed by atoms with E-state index >= 15 is 0 Å². The molecule has 0 spiro atoms. The van der Waals surface area contributed by atoms with Gasteiger partial charge in [0.15, 0.2) is 0 Å². The van der Waals surface area contributed by atoms with Gasteiger partial charge in [0.2, 0.25) is 0 Å². The molecule has 0 aromatic rings. The number of carboxylic acid groups (broad SMARTS) is 1. The number of amides is 2. The van der Waals surface area contributed by atoms with E-state index in [1.165, 1.54) is 0 Å². The molecule has 114 valence electrons. The van der Waals surface area contributed by atoms with E-state index in [2.05, 4.69) is 10.6 Å². The van der Waals surface area contributed by atoms with E-state index in [1.807, 2.05) is 0 Å². The summed E-state index contributed by atoms with van der Waals surface area (Å²) in [5.41, 5.74) is 0. The Morgan fingerprint density at radius 2 is 1.75 bits per heavy atom. The minimum Gasteiger partial charge on any atom is -0.481 e. The lowest BCUT2D eigenvalue weighted by Crippen LogP contribution is -2.49. The third-order valence-corrected chi connectivity index (χ3v) is 4.48. The van der Waals surface area contributed by atoms with E-state index in [9.17, 15) is 9.59 Å². The molecule has 0 radical (unpaired) electrons. The monoisotopic (exact) mass is 284 g/mol. The second-order valence-corrected chi connectivity index (χ2v) is 5.82. The Balaban J connectivity index is 1.71. The Hall–Kier alpha value is -1.30. The Morgan fingerprint density at radius 1 is 1.05 bits per heavy atom. The lowest BCUT2D eigenvalue weighted by atomic mass is 9.86. The minimum absolute atomic E-state index is 0.0907. The van der Waals surface area contributed by atoms with Gasteiger partial charge in [-0.2, -0.15) is 0 Å². The maximum atomic E-state index is 12.0. The second-order valence-electron chi connectivity index (χ2n) is 5.82. The molecule has 20 heavy (non-hydrogen) atoms. The molecular weight excluding hydrogens is 260 g/mol. The molecule has 0 saturated heterocycles. The number of methoxy groups -OCH3 is 1. The molecule has 0 aromatic carbocycles. The highest BCUT2D eigenvalue weighted by Gasteiger charge is 2.30. The number of rotatable bonds is 4. The summed E-state index contributed by atoms with van der Waals surface area (Å²) in [6.07, 6.45) is 5.90. The van der Waals surface area contributed by atoms with Crippen molar-refractivity contribution in [2.24, 2.45) is 5.92 Å². The number of ether oxygens (including phenoxy) is 1. The van der Waals surface area contributed by atoms with Crippen LogP contribution in [0.3, 0.4) is 0 Å². The predicted molar refractivity (Wildman–Crippen MR) is 73.5 cm³/mol. The van der Waals surface area contributed by atoms with Crippen molar-refractivity contribution in [3.05, 3.63) is 0 Å². The maximum absolute atomic E-state index is 12.0. The largest absolute Gasteiger partial charge is 0.481 e. The Labute approximate surface area is 119 Å². The fourth-order valence-corrected chi connectivity index (χ4v) is 3.25. The molecule has 0 bridgehead atoms. The van der Waals surface area contributed by atoms with Gasteiger partial charge in [-0.3, -0.25) is 4.79 Å². The molecule has 2 atom stereocenters. The molecule has 6 nitrogen and oxygen atoms in total. The number of carbonyl (C=O) groups is 2.